The minimum Gasteiger partial charge on any atom is -0.457 e. The van der Waals surface area contributed by atoms with Crippen molar-refractivity contribution in [2.45, 2.75) is 38.5 Å². The number of anilines is 4. The van der Waals surface area contributed by atoms with Crippen molar-refractivity contribution < 1.29 is 4.74 Å². The van der Waals surface area contributed by atoms with E-state index in [2.05, 4.69) is 224 Å². The number of benzene rings is 7. The highest BCUT2D eigenvalue weighted by Crippen LogP contribution is 2.46. The summed E-state index contributed by atoms with van der Waals surface area (Å²) in [5, 5.41) is 2.33. The SMILES string of the molecule is CC(C)(c1ccccc1)c1ccc(N2CN(c3cccc(Oc4ccc5c6ccccc6n(-c6cc(C(C)(C)c7ccccc7)ccn6)c5c4)c3)c3ccccc32)cc1. The molecule has 0 unspecified atom stereocenters. The van der Waals surface area contributed by atoms with Gasteiger partial charge in [-0.25, -0.2) is 4.98 Å². The average Bonchev–Trinajstić information content (AvgIpc) is 3.83. The predicted molar refractivity (Wildman–Crippen MR) is 244 cm³/mol. The van der Waals surface area contributed by atoms with Crippen molar-refractivity contribution >= 4 is 44.6 Å². The molecule has 0 saturated carbocycles. The molecule has 0 N–H and O–H groups in total. The van der Waals surface area contributed by atoms with Gasteiger partial charge in [0.2, 0.25) is 0 Å². The molecule has 2 aromatic heterocycles. The lowest BCUT2D eigenvalue weighted by molar-refractivity contribution is 0.483. The fourth-order valence-electron chi connectivity index (χ4n) is 8.80. The van der Waals surface area contributed by atoms with Crippen LogP contribution in [0.2, 0.25) is 0 Å². The van der Waals surface area contributed by atoms with Gasteiger partial charge in [0, 0.05) is 51.3 Å². The van der Waals surface area contributed by atoms with Crippen LogP contribution in [0.3, 0.4) is 0 Å². The summed E-state index contributed by atoms with van der Waals surface area (Å²) in [6.07, 6.45) is 1.93. The van der Waals surface area contributed by atoms with Gasteiger partial charge in [-0.15, -0.1) is 0 Å². The molecule has 0 amide bonds. The van der Waals surface area contributed by atoms with E-state index in [9.17, 15) is 0 Å². The van der Waals surface area contributed by atoms with Crippen LogP contribution in [0.15, 0.2) is 194 Å². The van der Waals surface area contributed by atoms with Crippen molar-refractivity contribution in [2.75, 3.05) is 16.5 Å². The fourth-order valence-corrected chi connectivity index (χ4v) is 8.80. The van der Waals surface area contributed by atoms with Gasteiger partial charge in [-0.3, -0.25) is 4.57 Å². The monoisotopic (exact) mass is 766 g/mol. The predicted octanol–water partition coefficient (Wildman–Crippen LogP) is 13.9. The van der Waals surface area contributed by atoms with Gasteiger partial charge < -0.3 is 14.5 Å². The molecule has 7 aromatic carbocycles. The minimum atomic E-state index is -0.200. The second-order valence-electron chi connectivity index (χ2n) is 16.5. The lowest BCUT2D eigenvalue weighted by Crippen LogP contribution is -2.24. The summed E-state index contributed by atoms with van der Waals surface area (Å²) in [5.74, 6) is 2.42. The van der Waals surface area contributed by atoms with E-state index in [0.29, 0.717) is 6.67 Å². The summed E-state index contributed by atoms with van der Waals surface area (Å²) < 4.78 is 8.98. The zero-order chi connectivity index (χ0) is 40.1. The molecular weight excluding hydrogens is 721 g/mol. The van der Waals surface area contributed by atoms with E-state index in [-0.39, 0.29) is 10.8 Å². The summed E-state index contributed by atoms with van der Waals surface area (Å²) in [4.78, 5) is 9.69. The topological polar surface area (TPSA) is 33.5 Å². The molecule has 0 fully saturated rings. The normalized spacial score (nSPS) is 12.9. The molecule has 5 nitrogen and oxygen atoms in total. The quantitative estimate of drug-likeness (QED) is 0.146. The molecule has 288 valence electrons. The van der Waals surface area contributed by atoms with E-state index >= 15 is 0 Å². The number of rotatable bonds is 9. The van der Waals surface area contributed by atoms with Crippen LogP contribution < -0.4 is 14.5 Å². The molecule has 59 heavy (non-hydrogen) atoms. The number of para-hydroxylation sites is 3. The summed E-state index contributed by atoms with van der Waals surface area (Å²) in [6.45, 7) is 9.82. The Kier molecular flexibility index (Phi) is 8.83. The minimum absolute atomic E-state index is 0.0992. The van der Waals surface area contributed by atoms with Gasteiger partial charge in [0.25, 0.3) is 0 Å². The largest absolute Gasteiger partial charge is 0.457 e. The van der Waals surface area contributed by atoms with E-state index in [0.717, 1.165) is 50.8 Å². The molecule has 0 saturated heterocycles. The maximum Gasteiger partial charge on any atom is 0.137 e. The Morgan fingerprint density at radius 1 is 0.441 bits per heavy atom. The maximum absolute atomic E-state index is 6.72. The number of aromatic nitrogens is 2. The Balaban J connectivity index is 0.958. The standard InChI is InChI=1S/C54H46N4O/c1-53(2,38-16-7-5-8-17-38)40-26-28-42(29-27-40)56-37-57(50-25-14-13-24-49(50)56)43-20-15-21-44(35-43)59-45-30-31-47-46-22-11-12-23-48(46)58(51(47)36-45)52-34-41(32-33-55-52)54(3,4)39-18-9-6-10-19-39/h5-36H,37H2,1-4H3. The van der Waals surface area contributed by atoms with Crippen LogP contribution >= 0.6 is 0 Å². The first-order valence-corrected chi connectivity index (χ1v) is 20.4. The molecule has 1 aliphatic heterocycles. The van der Waals surface area contributed by atoms with E-state index in [1.807, 2.05) is 12.3 Å². The number of ether oxygens (including phenoxy) is 1. The fraction of sp³-hybridized carbons (Fsp3) is 0.130. The second kappa shape index (κ2) is 14.4. The van der Waals surface area contributed by atoms with Crippen molar-refractivity contribution in [3.05, 3.63) is 217 Å². The number of hydrogen-bond acceptors (Lipinski definition) is 4. The van der Waals surface area contributed by atoms with Crippen LogP contribution in [0.4, 0.5) is 22.7 Å². The molecule has 0 aliphatic carbocycles. The Bertz CT molecular complexity index is 2950. The smallest absolute Gasteiger partial charge is 0.137 e. The van der Waals surface area contributed by atoms with Gasteiger partial charge in [0.05, 0.1) is 22.4 Å². The summed E-state index contributed by atoms with van der Waals surface area (Å²) in [5.41, 5.74) is 11.5. The Hall–Kier alpha value is -7.11. The number of nitrogens with zero attached hydrogens (tertiary/aromatic N) is 4. The van der Waals surface area contributed by atoms with Crippen LogP contribution in [0.1, 0.15) is 49.9 Å². The number of fused-ring (bicyclic) bond motifs is 4. The highest BCUT2D eigenvalue weighted by Gasteiger charge is 2.29. The van der Waals surface area contributed by atoms with Gasteiger partial charge >= 0.3 is 0 Å². The molecule has 3 heterocycles. The molecule has 1 aliphatic rings. The van der Waals surface area contributed by atoms with Crippen LogP contribution in [0.5, 0.6) is 11.5 Å². The van der Waals surface area contributed by atoms with Crippen LogP contribution in [-0.4, -0.2) is 16.2 Å². The van der Waals surface area contributed by atoms with Crippen molar-refractivity contribution in [1.29, 1.82) is 0 Å². The number of pyridine rings is 1. The van der Waals surface area contributed by atoms with Gasteiger partial charge in [-0.05, 0) is 89.0 Å². The zero-order valence-corrected chi connectivity index (χ0v) is 33.9. The molecule has 0 radical (unpaired) electrons. The summed E-state index contributed by atoms with van der Waals surface area (Å²) in [7, 11) is 0. The van der Waals surface area contributed by atoms with Crippen LogP contribution in [-0.2, 0) is 10.8 Å². The second-order valence-corrected chi connectivity index (χ2v) is 16.5. The van der Waals surface area contributed by atoms with Crippen molar-refractivity contribution in [2.24, 2.45) is 0 Å². The lowest BCUT2D eigenvalue weighted by atomic mass is 9.78. The van der Waals surface area contributed by atoms with Crippen molar-refractivity contribution in [1.82, 2.24) is 9.55 Å². The highest BCUT2D eigenvalue weighted by molar-refractivity contribution is 6.09. The van der Waals surface area contributed by atoms with Gasteiger partial charge in [-0.1, -0.05) is 137 Å². The van der Waals surface area contributed by atoms with E-state index in [4.69, 9.17) is 9.72 Å². The number of hydrogen-bond donors (Lipinski definition) is 0. The third kappa shape index (κ3) is 6.40. The van der Waals surface area contributed by atoms with Crippen LogP contribution in [0.25, 0.3) is 27.6 Å². The van der Waals surface area contributed by atoms with Crippen molar-refractivity contribution in [3.63, 3.8) is 0 Å². The first kappa shape index (κ1) is 36.2. The summed E-state index contributed by atoms with van der Waals surface area (Å²) >= 11 is 0. The molecule has 0 spiro atoms. The molecule has 9 aromatic rings. The Morgan fingerprint density at radius 3 is 1.73 bits per heavy atom. The lowest BCUT2D eigenvalue weighted by Gasteiger charge is -2.27. The first-order valence-electron chi connectivity index (χ1n) is 20.4. The first-order chi connectivity index (χ1) is 28.8. The van der Waals surface area contributed by atoms with E-state index in [1.165, 1.54) is 33.3 Å². The van der Waals surface area contributed by atoms with Gasteiger partial charge in [0.15, 0.2) is 0 Å². The Morgan fingerprint density at radius 2 is 1.02 bits per heavy atom. The Labute approximate surface area is 346 Å². The van der Waals surface area contributed by atoms with Gasteiger partial charge in [0.1, 0.15) is 24.0 Å². The third-order valence-electron chi connectivity index (χ3n) is 12.3. The maximum atomic E-state index is 6.72. The van der Waals surface area contributed by atoms with E-state index in [1.54, 1.807) is 0 Å². The molecular formula is C54H46N4O. The van der Waals surface area contributed by atoms with Gasteiger partial charge in [-0.2, -0.15) is 0 Å². The summed E-state index contributed by atoms with van der Waals surface area (Å²) in [6, 6.07) is 66.8. The highest BCUT2D eigenvalue weighted by atomic mass is 16.5. The molecule has 0 bridgehead atoms. The molecule has 0 atom stereocenters. The molecule has 5 heteroatoms. The average molecular weight is 767 g/mol. The van der Waals surface area contributed by atoms with Crippen molar-refractivity contribution in [3.8, 4) is 17.3 Å². The van der Waals surface area contributed by atoms with E-state index < -0.39 is 0 Å². The molecule has 10 rings (SSSR count). The third-order valence-corrected chi connectivity index (χ3v) is 12.3. The zero-order valence-electron chi connectivity index (χ0n) is 33.9. The van der Waals surface area contributed by atoms with Crippen LogP contribution in [0, 0.1) is 0 Å².